The van der Waals surface area contributed by atoms with Crippen molar-refractivity contribution in [2.45, 2.75) is 0 Å². The Morgan fingerprint density at radius 3 is 2.39 bits per heavy atom. The van der Waals surface area contributed by atoms with E-state index in [1.54, 1.807) is 18.6 Å². The molecule has 1 aromatic carbocycles. The Balaban J connectivity index is 1.97. The fraction of sp³-hybridized carbons (Fsp3) is 0. The SMILES string of the molecule is Nc1cnc(-c2cnn(-c3ccccc3)n2)nc1. The minimum absolute atomic E-state index is 0.506. The largest absolute Gasteiger partial charge is 0.396 e. The lowest BCUT2D eigenvalue weighted by molar-refractivity contribution is 0.752. The number of anilines is 1. The van der Waals surface area contributed by atoms with E-state index in [1.165, 1.54) is 4.80 Å². The van der Waals surface area contributed by atoms with Gasteiger partial charge in [0.25, 0.3) is 0 Å². The van der Waals surface area contributed by atoms with Crippen LogP contribution in [0.2, 0.25) is 0 Å². The van der Waals surface area contributed by atoms with Crippen LogP contribution in [0, 0.1) is 0 Å². The van der Waals surface area contributed by atoms with E-state index in [1.807, 2.05) is 30.3 Å². The molecule has 0 aliphatic carbocycles. The summed E-state index contributed by atoms with van der Waals surface area (Å²) < 4.78 is 0. The van der Waals surface area contributed by atoms with Gasteiger partial charge in [0.15, 0.2) is 11.5 Å². The highest BCUT2D eigenvalue weighted by Gasteiger charge is 2.07. The number of hydrogen-bond donors (Lipinski definition) is 1. The van der Waals surface area contributed by atoms with Gasteiger partial charge in [0.05, 0.1) is 30.0 Å². The fourth-order valence-electron chi connectivity index (χ4n) is 1.52. The first-order chi connectivity index (χ1) is 8.83. The molecule has 3 rings (SSSR count). The second-order valence-electron chi connectivity index (χ2n) is 3.69. The third kappa shape index (κ3) is 1.91. The third-order valence-corrected chi connectivity index (χ3v) is 2.38. The molecule has 6 heteroatoms. The molecule has 0 aliphatic heterocycles. The summed E-state index contributed by atoms with van der Waals surface area (Å²) in [6.45, 7) is 0. The summed E-state index contributed by atoms with van der Waals surface area (Å²) in [5.41, 5.74) is 7.56. The first-order valence-corrected chi connectivity index (χ1v) is 5.38. The summed E-state index contributed by atoms with van der Waals surface area (Å²) in [5, 5.41) is 8.50. The average Bonchev–Trinajstić information content (AvgIpc) is 2.90. The highest BCUT2D eigenvalue weighted by molar-refractivity contribution is 5.48. The summed E-state index contributed by atoms with van der Waals surface area (Å²) in [4.78, 5) is 9.74. The Bertz CT molecular complexity index is 644. The Morgan fingerprint density at radius 2 is 1.67 bits per heavy atom. The van der Waals surface area contributed by atoms with Crippen molar-refractivity contribution >= 4 is 5.69 Å². The van der Waals surface area contributed by atoms with Crippen molar-refractivity contribution in [3.8, 4) is 17.2 Å². The normalized spacial score (nSPS) is 10.4. The number of benzene rings is 1. The van der Waals surface area contributed by atoms with Crippen LogP contribution in [0.15, 0.2) is 48.9 Å². The minimum atomic E-state index is 0.506. The van der Waals surface area contributed by atoms with Crippen molar-refractivity contribution in [1.82, 2.24) is 25.0 Å². The highest BCUT2D eigenvalue weighted by atomic mass is 15.5. The van der Waals surface area contributed by atoms with E-state index in [4.69, 9.17) is 5.73 Å². The van der Waals surface area contributed by atoms with E-state index in [2.05, 4.69) is 20.2 Å². The summed E-state index contributed by atoms with van der Waals surface area (Å²) in [6.07, 6.45) is 4.71. The Kier molecular flexibility index (Phi) is 2.45. The van der Waals surface area contributed by atoms with Gasteiger partial charge in [-0.05, 0) is 12.1 Å². The van der Waals surface area contributed by atoms with Gasteiger partial charge in [-0.2, -0.15) is 9.90 Å². The Labute approximate surface area is 103 Å². The van der Waals surface area contributed by atoms with E-state index in [0.29, 0.717) is 17.2 Å². The van der Waals surface area contributed by atoms with Gasteiger partial charge in [-0.3, -0.25) is 0 Å². The van der Waals surface area contributed by atoms with Crippen LogP contribution < -0.4 is 5.73 Å². The van der Waals surface area contributed by atoms with Gasteiger partial charge in [-0.25, -0.2) is 9.97 Å². The molecule has 3 aromatic rings. The van der Waals surface area contributed by atoms with Gasteiger partial charge in [0.1, 0.15) is 0 Å². The van der Waals surface area contributed by atoms with Gasteiger partial charge >= 0.3 is 0 Å². The van der Waals surface area contributed by atoms with E-state index in [0.717, 1.165) is 5.69 Å². The molecule has 88 valence electrons. The molecular weight excluding hydrogens is 228 g/mol. The molecule has 0 amide bonds. The molecule has 2 aromatic heterocycles. The molecule has 0 saturated heterocycles. The van der Waals surface area contributed by atoms with Crippen LogP contribution in [0.4, 0.5) is 5.69 Å². The number of para-hydroxylation sites is 1. The average molecular weight is 238 g/mol. The van der Waals surface area contributed by atoms with E-state index >= 15 is 0 Å². The Morgan fingerprint density at radius 1 is 0.944 bits per heavy atom. The second kappa shape index (κ2) is 4.25. The van der Waals surface area contributed by atoms with Gasteiger partial charge in [-0.15, -0.1) is 5.10 Å². The minimum Gasteiger partial charge on any atom is -0.396 e. The van der Waals surface area contributed by atoms with Crippen LogP contribution >= 0.6 is 0 Å². The maximum absolute atomic E-state index is 5.53. The lowest BCUT2D eigenvalue weighted by atomic mass is 10.3. The molecule has 6 nitrogen and oxygen atoms in total. The first kappa shape index (κ1) is 10.4. The number of nitrogens with zero attached hydrogens (tertiary/aromatic N) is 5. The monoisotopic (exact) mass is 238 g/mol. The second-order valence-corrected chi connectivity index (χ2v) is 3.69. The standard InChI is InChI=1S/C12H10N6/c13-9-6-14-12(15-7-9)11-8-16-18(17-11)10-4-2-1-3-5-10/h1-8H,13H2. The van der Waals surface area contributed by atoms with Gasteiger partial charge in [0, 0.05) is 0 Å². The molecule has 2 N–H and O–H groups in total. The predicted octanol–water partition coefficient (Wildman–Crippen LogP) is 1.31. The zero-order valence-electron chi connectivity index (χ0n) is 9.43. The van der Waals surface area contributed by atoms with Crippen LogP contribution in [-0.4, -0.2) is 25.0 Å². The molecule has 0 saturated carbocycles. The maximum atomic E-state index is 5.53. The molecule has 0 fully saturated rings. The smallest absolute Gasteiger partial charge is 0.181 e. The number of aromatic nitrogens is 5. The maximum Gasteiger partial charge on any atom is 0.181 e. The zero-order chi connectivity index (χ0) is 12.4. The molecule has 0 atom stereocenters. The number of rotatable bonds is 2. The van der Waals surface area contributed by atoms with Gasteiger partial charge in [-0.1, -0.05) is 18.2 Å². The molecular formula is C12H10N6. The topological polar surface area (TPSA) is 82.5 Å². The lowest BCUT2D eigenvalue weighted by Gasteiger charge is -1.97. The Hall–Kier alpha value is -2.76. The fourth-order valence-corrected chi connectivity index (χ4v) is 1.52. The van der Waals surface area contributed by atoms with Crippen LogP contribution in [-0.2, 0) is 0 Å². The van der Waals surface area contributed by atoms with E-state index in [9.17, 15) is 0 Å². The first-order valence-electron chi connectivity index (χ1n) is 5.38. The predicted molar refractivity (Wildman–Crippen MR) is 66.8 cm³/mol. The molecule has 0 aliphatic rings. The zero-order valence-corrected chi connectivity index (χ0v) is 9.43. The van der Waals surface area contributed by atoms with Crippen molar-refractivity contribution in [2.24, 2.45) is 0 Å². The summed E-state index contributed by atoms with van der Waals surface area (Å²) in [6, 6.07) is 9.65. The molecule has 0 radical (unpaired) electrons. The molecule has 0 unspecified atom stereocenters. The number of nitrogen functional groups attached to an aromatic ring is 1. The van der Waals surface area contributed by atoms with Crippen LogP contribution in [0.25, 0.3) is 17.2 Å². The quantitative estimate of drug-likeness (QED) is 0.727. The number of nitrogens with two attached hydrogens (primary N) is 1. The summed E-state index contributed by atoms with van der Waals surface area (Å²) >= 11 is 0. The van der Waals surface area contributed by atoms with Crippen molar-refractivity contribution in [2.75, 3.05) is 5.73 Å². The van der Waals surface area contributed by atoms with Gasteiger partial charge in [0.2, 0.25) is 0 Å². The van der Waals surface area contributed by atoms with Crippen molar-refractivity contribution < 1.29 is 0 Å². The summed E-state index contributed by atoms with van der Waals surface area (Å²) in [5.74, 6) is 0.506. The van der Waals surface area contributed by atoms with E-state index < -0.39 is 0 Å². The molecule has 0 bridgehead atoms. The van der Waals surface area contributed by atoms with Crippen molar-refractivity contribution in [1.29, 1.82) is 0 Å². The van der Waals surface area contributed by atoms with Crippen molar-refractivity contribution in [3.05, 3.63) is 48.9 Å². The van der Waals surface area contributed by atoms with Crippen LogP contribution in [0.3, 0.4) is 0 Å². The third-order valence-electron chi connectivity index (χ3n) is 2.38. The molecule has 18 heavy (non-hydrogen) atoms. The van der Waals surface area contributed by atoms with Gasteiger partial charge < -0.3 is 5.73 Å². The van der Waals surface area contributed by atoms with Crippen molar-refractivity contribution in [3.63, 3.8) is 0 Å². The summed E-state index contributed by atoms with van der Waals surface area (Å²) in [7, 11) is 0. The molecule has 2 heterocycles. The highest BCUT2D eigenvalue weighted by Crippen LogP contribution is 2.12. The van der Waals surface area contributed by atoms with Crippen LogP contribution in [0.5, 0.6) is 0 Å². The number of hydrogen-bond acceptors (Lipinski definition) is 5. The lowest BCUT2D eigenvalue weighted by Crippen LogP contribution is -1.98. The molecule has 0 spiro atoms. The van der Waals surface area contributed by atoms with E-state index in [-0.39, 0.29) is 0 Å². The van der Waals surface area contributed by atoms with Crippen LogP contribution in [0.1, 0.15) is 0 Å².